The molecule has 0 saturated carbocycles. The second-order valence-corrected chi connectivity index (χ2v) is 10.1. The number of quaternary nitrogens is 1. The van der Waals surface area contributed by atoms with Gasteiger partial charge in [0.05, 0.1) is 45.0 Å². The molecule has 170 valence electrons. The molecule has 3 atom stereocenters. The van der Waals surface area contributed by atoms with E-state index in [1.54, 1.807) is 7.11 Å². The zero-order chi connectivity index (χ0) is 20.8. The van der Waals surface area contributed by atoms with E-state index >= 15 is 0 Å². The first kappa shape index (κ1) is 23.9. The van der Waals surface area contributed by atoms with Crippen LogP contribution in [0, 0.1) is 5.92 Å². The summed E-state index contributed by atoms with van der Waals surface area (Å²) in [6.07, 6.45) is 4.19. The van der Waals surface area contributed by atoms with Crippen LogP contribution in [0.25, 0.3) is 0 Å². The maximum Gasteiger partial charge on any atom is 0.231 e. The molecular formula is C23H37INO5+. The van der Waals surface area contributed by atoms with Crippen molar-refractivity contribution in [2.45, 2.75) is 63.7 Å². The third kappa shape index (κ3) is 4.69. The number of aliphatic hydroxyl groups excluding tert-OH is 1. The first-order valence-corrected chi connectivity index (χ1v) is 10.8. The van der Waals surface area contributed by atoms with Crippen molar-refractivity contribution in [3.63, 3.8) is 0 Å². The number of benzene rings is 1. The molecule has 6 nitrogen and oxygen atoms in total. The van der Waals surface area contributed by atoms with Crippen molar-refractivity contribution in [2.75, 3.05) is 41.1 Å². The van der Waals surface area contributed by atoms with E-state index in [-0.39, 0.29) is 48.5 Å². The van der Waals surface area contributed by atoms with E-state index in [0.29, 0.717) is 18.1 Å². The van der Waals surface area contributed by atoms with Gasteiger partial charge in [0.15, 0.2) is 11.5 Å². The Morgan fingerprint density at radius 1 is 1.27 bits per heavy atom. The lowest BCUT2D eigenvalue weighted by Gasteiger charge is -2.44. The molecule has 30 heavy (non-hydrogen) atoms. The molecule has 1 fully saturated rings. The second kappa shape index (κ2) is 9.00. The maximum atomic E-state index is 11.1. The highest BCUT2D eigenvalue weighted by Crippen LogP contribution is 2.51. The lowest BCUT2D eigenvalue weighted by Crippen LogP contribution is -2.49. The van der Waals surface area contributed by atoms with Crippen LogP contribution >= 0.6 is 24.0 Å². The first-order valence-electron chi connectivity index (χ1n) is 10.8. The van der Waals surface area contributed by atoms with Crippen LogP contribution in [0.2, 0.25) is 0 Å². The van der Waals surface area contributed by atoms with Crippen LogP contribution in [0.1, 0.15) is 56.7 Å². The van der Waals surface area contributed by atoms with Crippen molar-refractivity contribution in [1.82, 2.24) is 0 Å². The van der Waals surface area contributed by atoms with Crippen molar-refractivity contribution < 1.29 is 28.5 Å². The molecule has 0 bridgehead atoms. The Hall–Kier alpha value is -0.770. The normalized spacial score (nSPS) is 27.0. The fraction of sp³-hybridized carbons (Fsp3) is 0.739. The van der Waals surface area contributed by atoms with Crippen LogP contribution in [-0.2, 0) is 11.2 Å². The quantitative estimate of drug-likeness (QED) is 0.456. The molecule has 4 rings (SSSR count). The third-order valence-electron chi connectivity index (χ3n) is 6.98. The molecule has 0 aromatic heterocycles. The number of methoxy groups -OCH3 is 1. The Balaban J connectivity index is 0.00000256. The number of likely N-dealkylation sites (N-methyl/N-ethyl adjacent to an activating group) is 1. The molecule has 0 radical (unpaired) electrons. The summed E-state index contributed by atoms with van der Waals surface area (Å²) >= 11 is 0. The zero-order valence-electron chi connectivity index (χ0n) is 18.9. The van der Waals surface area contributed by atoms with E-state index in [1.165, 1.54) is 11.1 Å². The molecule has 1 saturated heterocycles. The van der Waals surface area contributed by atoms with Gasteiger partial charge in [-0.3, -0.25) is 0 Å². The van der Waals surface area contributed by atoms with Gasteiger partial charge in [-0.2, -0.15) is 0 Å². The third-order valence-corrected chi connectivity index (χ3v) is 6.98. The van der Waals surface area contributed by atoms with Gasteiger partial charge < -0.3 is 28.5 Å². The van der Waals surface area contributed by atoms with E-state index in [1.807, 2.05) is 0 Å². The summed E-state index contributed by atoms with van der Waals surface area (Å²) in [7, 11) is 6.20. The largest absolute Gasteiger partial charge is 0.492 e. The number of aliphatic hydroxyl groups is 1. The summed E-state index contributed by atoms with van der Waals surface area (Å²) in [5.74, 6) is 2.77. The molecule has 0 spiro atoms. The number of rotatable bonds is 5. The lowest BCUT2D eigenvalue weighted by molar-refractivity contribution is -0.924. The van der Waals surface area contributed by atoms with E-state index in [0.717, 1.165) is 54.8 Å². The molecule has 3 unspecified atom stereocenters. The summed E-state index contributed by atoms with van der Waals surface area (Å²) in [5, 5.41) is 11.1. The monoisotopic (exact) mass is 534 g/mol. The maximum absolute atomic E-state index is 11.1. The van der Waals surface area contributed by atoms with Crippen LogP contribution in [0.5, 0.6) is 17.2 Å². The molecule has 0 aliphatic carbocycles. The Morgan fingerprint density at radius 2 is 2.03 bits per heavy atom. The molecule has 1 aromatic rings. The van der Waals surface area contributed by atoms with Crippen molar-refractivity contribution in [3.8, 4) is 17.2 Å². The average Bonchev–Trinajstić information content (AvgIpc) is 3.10. The molecule has 3 aliphatic heterocycles. The highest BCUT2D eigenvalue weighted by atomic mass is 127. The van der Waals surface area contributed by atoms with Gasteiger partial charge in [-0.15, -0.1) is 24.0 Å². The topological polar surface area (TPSA) is 57.2 Å². The predicted octanol–water partition coefficient (Wildman–Crippen LogP) is 4.06. The van der Waals surface area contributed by atoms with Crippen molar-refractivity contribution in [2.24, 2.45) is 5.92 Å². The zero-order valence-corrected chi connectivity index (χ0v) is 21.2. The summed E-state index contributed by atoms with van der Waals surface area (Å²) < 4.78 is 23.9. The summed E-state index contributed by atoms with van der Waals surface area (Å²) in [6.45, 7) is 6.35. The predicted molar refractivity (Wildman–Crippen MR) is 126 cm³/mol. The van der Waals surface area contributed by atoms with Gasteiger partial charge in [0.25, 0.3) is 0 Å². The molecule has 7 heteroatoms. The number of fused-ring (bicyclic) bond motifs is 2. The van der Waals surface area contributed by atoms with Crippen LogP contribution < -0.4 is 14.2 Å². The molecule has 0 amide bonds. The molecule has 3 heterocycles. The molecular weight excluding hydrogens is 497 g/mol. The minimum Gasteiger partial charge on any atom is -0.492 e. The van der Waals surface area contributed by atoms with Gasteiger partial charge >= 0.3 is 0 Å². The average molecular weight is 534 g/mol. The Kier molecular flexibility index (Phi) is 7.16. The number of nitrogens with zero attached hydrogens (tertiary/aromatic N) is 1. The smallest absolute Gasteiger partial charge is 0.231 e. The van der Waals surface area contributed by atoms with Gasteiger partial charge in [0, 0.05) is 19.4 Å². The first-order chi connectivity index (χ1) is 13.7. The van der Waals surface area contributed by atoms with Crippen LogP contribution in [-0.4, -0.2) is 62.4 Å². The number of halogens is 1. The fourth-order valence-corrected chi connectivity index (χ4v) is 5.47. The van der Waals surface area contributed by atoms with Crippen LogP contribution in [0.15, 0.2) is 6.07 Å². The highest BCUT2D eigenvalue weighted by molar-refractivity contribution is 14.0. The lowest BCUT2D eigenvalue weighted by atomic mass is 9.81. The van der Waals surface area contributed by atoms with Gasteiger partial charge in [0.1, 0.15) is 6.04 Å². The summed E-state index contributed by atoms with van der Waals surface area (Å²) in [6, 6.07) is 2.27. The highest BCUT2D eigenvalue weighted by Gasteiger charge is 2.42. The Bertz CT molecular complexity index is 766. The Labute approximate surface area is 197 Å². The van der Waals surface area contributed by atoms with Crippen molar-refractivity contribution >= 4 is 24.0 Å². The molecule has 1 aromatic carbocycles. The minimum absolute atomic E-state index is 0. The molecule has 3 aliphatic rings. The van der Waals surface area contributed by atoms with Crippen LogP contribution in [0.4, 0.5) is 0 Å². The number of hydrogen-bond donors (Lipinski definition) is 1. The van der Waals surface area contributed by atoms with E-state index < -0.39 is 0 Å². The summed E-state index contributed by atoms with van der Waals surface area (Å²) in [5.41, 5.74) is 2.35. The van der Waals surface area contributed by atoms with Crippen molar-refractivity contribution in [1.29, 1.82) is 0 Å². The second-order valence-electron chi connectivity index (χ2n) is 10.1. The standard InChI is InChI=1S/C23H36NO5.HI/c1-23(2)13-15(7-9-29-23)10-17(25)12-18-20-16(6-8-24(18,3)4)11-19-21(22(20)26-5)28-14-27-19;/h11,15,17-18,25H,6-10,12-14H2,1-5H3;1H/q+1;. The van der Waals surface area contributed by atoms with E-state index in [2.05, 4.69) is 34.0 Å². The van der Waals surface area contributed by atoms with Gasteiger partial charge in [-0.25, -0.2) is 0 Å². The Morgan fingerprint density at radius 3 is 2.73 bits per heavy atom. The van der Waals surface area contributed by atoms with Gasteiger partial charge in [-0.05, 0) is 50.7 Å². The van der Waals surface area contributed by atoms with Gasteiger partial charge in [-0.1, -0.05) is 0 Å². The number of ether oxygens (including phenoxy) is 4. The van der Waals surface area contributed by atoms with Crippen LogP contribution in [0.3, 0.4) is 0 Å². The number of hydrogen-bond acceptors (Lipinski definition) is 5. The van der Waals surface area contributed by atoms with E-state index in [9.17, 15) is 5.11 Å². The van der Waals surface area contributed by atoms with Gasteiger partial charge in [0.2, 0.25) is 12.5 Å². The van der Waals surface area contributed by atoms with Crippen molar-refractivity contribution in [3.05, 3.63) is 17.2 Å². The summed E-state index contributed by atoms with van der Waals surface area (Å²) in [4.78, 5) is 0. The molecule has 1 N–H and O–H groups in total. The fourth-order valence-electron chi connectivity index (χ4n) is 5.47. The minimum atomic E-state index is -0.350. The van der Waals surface area contributed by atoms with E-state index in [4.69, 9.17) is 18.9 Å². The SMILES string of the molecule is COc1c2c(cc3c1C(CC(O)CC1CCOC(C)(C)C1)[N+](C)(C)CC3)OCO2.I.